The molecule has 15 heteroatoms. The fraction of sp³-hybridized carbons (Fsp3) is 0. The van der Waals surface area contributed by atoms with Crippen molar-refractivity contribution in [1.82, 2.24) is 0 Å². The molecule has 0 aliphatic heterocycles. The van der Waals surface area contributed by atoms with Crippen LogP contribution >= 0.6 is 0 Å². The maximum atomic E-state index is 14.1. The Morgan fingerprint density at radius 2 is 0.800 bits per heavy atom. The van der Waals surface area contributed by atoms with Gasteiger partial charge in [0.1, 0.15) is 0 Å². The summed E-state index contributed by atoms with van der Waals surface area (Å²) in [7, 11) is 0. The number of rotatable bonds is 12. The molecule has 0 atom stereocenters. The summed E-state index contributed by atoms with van der Waals surface area (Å²) in [5, 5.41) is 29.3. The van der Waals surface area contributed by atoms with Gasteiger partial charge in [-0.3, -0.25) is 39.4 Å². The SMILES string of the molecule is O=C(Nc1cccc([N+](=O)[O-])c1)c1ccc(C(=O)N(ON(C(=O)c2ccc(C(=O)Nc3cccc([N+](=O)[O-])c3)cc2)c2ccccc2)c2ccccc2)cc1. The second-order valence-corrected chi connectivity index (χ2v) is 11.6. The third-order valence-electron chi connectivity index (χ3n) is 7.93. The van der Waals surface area contributed by atoms with E-state index in [9.17, 15) is 39.4 Å². The maximum Gasteiger partial charge on any atom is 0.284 e. The van der Waals surface area contributed by atoms with Crippen LogP contribution < -0.4 is 20.8 Å². The molecular formula is C40H28N6O9. The van der Waals surface area contributed by atoms with Crippen molar-refractivity contribution < 1.29 is 34.0 Å². The number of carbonyl (C=O) groups excluding carboxylic acids is 4. The van der Waals surface area contributed by atoms with E-state index in [2.05, 4.69) is 10.6 Å². The molecule has 0 spiro atoms. The molecule has 6 rings (SSSR count). The van der Waals surface area contributed by atoms with Gasteiger partial charge in [0, 0.05) is 57.9 Å². The van der Waals surface area contributed by atoms with E-state index < -0.39 is 33.5 Å². The molecule has 0 unspecified atom stereocenters. The van der Waals surface area contributed by atoms with E-state index in [1.165, 1.54) is 97.1 Å². The molecule has 15 nitrogen and oxygen atoms in total. The Morgan fingerprint density at radius 3 is 1.15 bits per heavy atom. The van der Waals surface area contributed by atoms with Gasteiger partial charge in [-0.15, -0.1) is 4.94 Å². The lowest BCUT2D eigenvalue weighted by Gasteiger charge is -2.29. The summed E-state index contributed by atoms with van der Waals surface area (Å²) in [4.78, 5) is 81.3. The van der Waals surface area contributed by atoms with E-state index in [0.717, 1.165) is 10.1 Å². The van der Waals surface area contributed by atoms with Gasteiger partial charge in [0.2, 0.25) is 0 Å². The number of nitro benzene ring substituents is 2. The molecule has 0 bridgehead atoms. The third kappa shape index (κ3) is 8.89. The van der Waals surface area contributed by atoms with Crippen LogP contribution in [0.25, 0.3) is 0 Å². The zero-order valence-electron chi connectivity index (χ0n) is 28.5. The first-order valence-electron chi connectivity index (χ1n) is 16.4. The third-order valence-corrected chi connectivity index (χ3v) is 7.93. The number of carbonyl (C=O) groups is 4. The number of hydrogen-bond acceptors (Lipinski definition) is 9. The molecule has 6 aromatic carbocycles. The minimum atomic E-state index is -0.696. The van der Waals surface area contributed by atoms with Crippen molar-refractivity contribution in [3.05, 3.63) is 200 Å². The van der Waals surface area contributed by atoms with Crippen molar-refractivity contribution in [2.75, 3.05) is 20.8 Å². The lowest BCUT2D eigenvalue weighted by molar-refractivity contribution is -0.385. The number of hydroxylamine groups is 2. The molecule has 6 aromatic rings. The molecule has 0 heterocycles. The number of anilines is 4. The quantitative estimate of drug-likeness (QED) is 0.0929. The molecule has 0 aliphatic carbocycles. The summed E-state index contributed by atoms with van der Waals surface area (Å²) < 4.78 is 0. The molecule has 4 amide bonds. The number of nitrogens with one attached hydrogen (secondary N) is 2. The van der Waals surface area contributed by atoms with Crippen LogP contribution in [0.1, 0.15) is 41.4 Å². The number of benzene rings is 6. The normalized spacial score (nSPS) is 10.5. The van der Waals surface area contributed by atoms with E-state index in [1.807, 2.05) is 0 Å². The average Bonchev–Trinajstić information content (AvgIpc) is 3.21. The predicted octanol–water partition coefficient (Wildman–Crippen LogP) is 7.85. The van der Waals surface area contributed by atoms with Crippen molar-refractivity contribution in [3.63, 3.8) is 0 Å². The zero-order chi connectivity index (χ0) is 38.9. The molecule has 272 valence electrons. The molecule has 0 aromatic heterocycles. The Hall–Kier alpha value is -8.04. The Morgan fingerprint density at radius 1 is 0.455 bits per heavy atom. The number of hydrogen-bond donors (Lipinski definition) is 2. The fourth-order valence-electron chi connectivity index (χ4n) is 5.18. The number of para-hydroxylation sites is 2. The predicted molar refractivity (Wildman–Crippen MR) is 203 cm³/mol. The Balaban J connectivity index is 1.24. The van der Waals surface area contributed by atoms with Crippen LogP contribution in [0.2, 0.25) is 0 Å². The van der Waals surface area contributed by atoms with E-state index in [0.29, 0.717) is 0 Å². The lowest BCUT2D eigenvalue weighted by Crippen LogP contribution is -2.42. The van der Waals surface area contributed by atoms with Crippen LogP contribution in [0.5, 0.6) is 0 Å². The minimum Gasteiger partial charge on any atom is -0.322 e. The fourth-order valence-corrected chi connectivity index (χ4v) is 5.18. The summed E-state index contributed by atoms with van der Waals surface area (Å²) >= 11 is 0. The van der Waals surface area contributed by atoms with Crippen LogP contribution in [-0.4, -0.2) is 33.5 Å². The molecule has 0 aliphatic rings. The van der Waals surface area contributed by atoms with E-state index >= 15 is 0 Å². The Labute approximate surface area is 312 Å². The molecule has 0 fully saturated rings. The Bertz CT molecular complexity index is 2220. The van der Waals surface area contributed by atoms with E-state index in [4.69, 9.17) is 4.94 Å². The summed E-state index contributed by atoms with van der Waals surface area (Å²) in [6, 6.07) is 38.7. The number of non-ortho nitro benzene ring substituents is 2. The van der Waals surface area contributed by atoms with Gasteiger partial charge in [-0.05, 0) is 84.9 Å². The second-order valence-electron chi connectivity index (χ2n) is 11.6. The van der Waals surface area contributed by atoms with Gasteiger partial charge in [0.25, 0.3) is 35.0 Å². The first kappa shape index (κ1) is 36.7. The molecule has 0 saturated heterocycles. The van der Waals surface area contributed by atoms with Gasteiger partial charge in [0.05, 0.1) is 21.2 Å². The monoisotopic (exact) mass is 736 g/mol. The largest absolute Gasteiger partial charge is 0.322 e. The van der Waals surface area contributed by atoms with E-state index in [1.54, 1.807) is 60.7 Å². The van der Waals surface area contributed by atoms with Gasteiger partial charge < -0.3 is 10.6 Å². The van der Waals surface area contributed by atoms with Crippen molar-refractivity contribution in [2.24, 2.45) is 0 Å². The van der Waals surface area contributed by atoms with Crippen LogP contribution in [-0.2, 0) is 4.94 Å². The summed E-state index contributed by atoms with van der Waals surface area (Å²) in [6.45, 7) is 0. The highest BCUT2D eigenvalue weighted by Crippen LogP contribution is 2.25. The van der Waals surface area contributed by atoms with E-state index in [-0.39, 0.29) is 56.4 Å². The van der Waals surface area contributed by atoms with Crippen molar-refractivity contribution in [1.29, 1.82) is 0 Å². The van der Waals surface area contributed by atoms with Crippen molar-refractivity contribution in [3.8, 4) is 0 Å². The average molecular weight is 737 g/mol. The van der Waals surface area contributed by atoms with Crippen LogP contribution in [0, 0.1) is 20.2 Å². The van der Waals surface area contributed by atoms with Gasteiger partial charge in [-0.2, -0.15) is 10.1 Å². The van der Waals surface area contributed by atoms with Crippen molar-refractivity contribution in [2.45, 2.75) is 0 Å². The minimum absolute atomic E-state index is 0.0929. The van der Waals surface area contributed by atoms with Crippen LogP contribution in [0.4, 0.5) is 34.1 Å². The highest BCUT2D eigenvalue weighted by atomic mass is 16.8. The smallest absolute Gasteiger partial charge is 0.284 e. The molecule has 0 saturated carbocycles. The number of amides is 4. The Kier molecular flexibility index (Phi) is 11.0. The zero-order valence-corrected chi connectivity index (χ0v) is 28.5. The van der Waals surface area contributed by atoms with Crippen LogP contribution in [0.15, 0.2) is 158 Å². The summed E-state index contributed by atoms with van der Waals surface area (Å²) in [6.07, 6.45) is 0. The summed E-state index contributed by atoms with van der Waals surface area (Å²) in [5.41, 5.74) is 1.09. The van der Waals surface area contributed by atoms with Gasteiger partial charge >= 0.3 is 0 Å². The standard InChI is InChI=1S/C40H28N6O9/c47-37(41-31-9-7-15-35(25-31)45(51)52)27-17-21-29(22-18-27)39(49)43(33-11-3-1-4-12-33)55-44(34-13-5-2-6-14-34)40(50)30-23-19-28(20-24-30)38(48)42-32-10-8-16-36(26-32)46(53)54/h1-26H,(H,41,47)(H,42,48). The maximum absolute atomic E-state index is 14.1. The summed E-state index contributed by atoms with van der Waals surface area (Å²) in [5.74, 6) is -2.52. The highest BCUT2D eigenvalue weighted by molar-refractivity contribution is 6.10. The second kappa shape index (κ2) is 16.5. The molecule has 0 radical (unpaired) electrons. The number of nitrogens with zero attached hydrogens (tertiary/aromatic N) is 4. The number of nitro groups is 2. The molecule has 2 N–H and O–H groups in total. The van der Waals surface area contributed by atoms with Crippen LogP contribution in [0.3, 0.4) is 0 Å². The topological polar surface area (TPSA) is 194 Å². The lowest BCUT2D eigenvalue weighted by atomic mass is 10.1. The molecular weight excluding hydrogens is 708 g/mol. The first-order valence-corrected chi connectivity index (χ1v) is 16.4. The van der Waals surface area contributed by atoms with Gasteiger partial charge in [-0.1, -0.05) is 48.5 Å². The van der Waals surface area contributed by atoms with Gasteiger partial charge in [0.15, 0.2) is 0 Å². The molecule has 55 heavy (non-hydrogen) atoms. The highest BCUT2D eigenvalue weighted by Gasteiger charge is 2.28. The van der Waals surface area contributed by atoms with Gasteiger partial charge in [-0.25, -0.2) is 0 Å². The first-order chi connectivity index (χ1) is 26.6. The van der Waals surface area contributed by atoms with Crippen molar-refractivity contribution >= 4 is 57.8 Å².